The number of aromatic nitrogens is 4. The van der Waals surface area contributed by atoms with Crippen LogP contribution in [0.2, 0.25) is 0 Å². The summed E-state index contributed by atoms with van der Waals surface area (Å²) < 4.78 is 2.86. The Morgan fingerprint density at radius 2 is 2.32 bits per heavy atom. The van der Waals surface area contributed by atoms with Gasteiger partial charge in [0, 0.05) is 12.7 Å². The van der Waals surface area contributed by atoms with E-state index in [1.165, 1.54) is 0 Å². The van der Waals surface area contributed by atoms with Crippen LogP contribution in [0.15, 0.2) is 12.5 Å². The van der Waals surface area contributed by atoms with Gasteiger partial charge in [0.15, 0.2) is 5.65 Å². The smallest absolute Gasteiger partial charge is 0.210 e. The minimum Gasteiger partial charge on any atom is -0.355 e. The van der Waals surface area contributed by atoms with Crippen molar-refractivity contribution in [2.75, 3.05) is 18.4 Å². The van der Waals surface area contributed by atoms with Gasteiger partial charge >= 0.3 is 0 Å². The van der Waals surface area contributed by atoms with Gasteiger partial charge in [0.05, 0.1) is 3.57 Å². The molecule has 0 fully saturated rings. The van der Waals surface area contributed by atoms with E-state index in [4.69, 9.17) is 5.73 Å². The number of nitrogens with two attached hydrogens (primary N) is 1. The molecule has 104 valence electrons. The predicted molar refractivity (Wildman–Crippen MR) is 84.1 cm³/mol. The lowest BCUT2D eigenvalue weighted by atomic mass is 9.84. The minimum atomic E-state index is 0.183. The highest BCUT2D eigenvalue weighted by Crippen LogP contribution is 2.23. The highest BCUT2D eigenvalue weighted by Gasteiger charge is 2.19. The van der Waals surface area contributed by atoms with Crippen LogP contribution in [0.5, 0.6) is 0 Å². The first kappa shape index (κ1) is 14.4. The lowest BCUT2D eigenvalue weighted by molar-refractivity contribution is 0.305. The van der Waals surface area contributed by atoms with Crippen molar-refractivity contribution in [1.82, 2.24) is 19.6 Å². The Morgan fingerprint density at radius 1 is 1.53 bits per heavy atom. The molecule has 0 aliphatic carbocycles. The van der Waals surface area contributed by atoms with Crippen LogP contribution in [-0.4, -0.2) is 32.7 Å². The molecule has 2 aromatic rings. The molecule has 6 nitrogen and oxygen atoms in total. The maximum Gasteiger partial charge on any atom is 0.210 e. The molecule has 0 amide bonds. The molecule has 2 aromatic heterocycles. The SMILES string of the molecule is CCC(C)(CN)CCNc1ncc(I)c2nncn12. The molecule has 0 aliphatic rings. The zero-order valence-corrected chi connectivity index (χ0v) is 13.4. The van der Waals surface area contributed by atoms with E-state index in [2.05, 4.69) is 56.9 Å². The van der Waals surface area contributed by atoms with Gasteiger partial charge in [0.25, 0.3) is 0 Å². The molecule has 0 saturated heterocycles. The fourth-order valence-corrected chi connectivity index (χ4v) is 2.33. The van der Waals surface area contributed by atoms with E-state index >= 15 is 0 Å². The first-order valence-corrected chi connectivity index (χ1v) is 7.45. The quantitative estimate of drug-likeness (QED) is 0.755. The average molecular weight is 374 g/mol. The van der Waals surface area contributed by atoms with Crippen molar-refractivity contribution in [3.05, 3.63) is 16.1 Å². The third-order valence-corrected chi connectivity index (χ3v) is 4.41. The van der Waals surface area contributed by atoms with E-state index in [0.717, 1.165) is 34.6 Å². The summed E-state index contributed by atoms with van der Waals surface area (Å²) in [5.74, 6) is 0.774. The fourth-order valence-electron chi connectivity index (χ4n) is 1.82. The molecule has 1 unspecified atom stereocenters. The Balaban J connectivity index is 2.06. The molecule has 0 spiro atoms. The lowest BCUT2D eigenvalue weighted by Gasteiger charge is -2.26. The van der Waals surface area contributed by atoms with Gasteiger partial charge in [-0.3, -0.25) is 4.40 Å². The van der Waals surface area contributed by atoms with E-state index in [0.29, 0.717) is 6.54 Å². The molecular weight excluding hydrogens is 355 g/mol. The summed E-state index contributed by atoms with van der Waals surface area (Å²) in [6.45, 7) is 5.92. The first-order chi connectivity index (χ1) is 9.09. The summed E-state index contributed by atoms with van der Waals surface area (Å²) in [6.07, 6.45) is 5.56. The number of nitrogens with one attached hydrogen (secondary N) is 1. The highest BCUT2D eigenvalue weighted by molar-refractivity contribution is 14.1. The van der Waals surface area contributed by atoms with Gasteiger partial charge in [-0.05, 0) is 47.4 Å². The summed E-state index contributed by atoms with van der Waals surface area (Å²) in [4.78, 5) is 4.38. The molecular formula is C12H19IN6. The second-order valence-electron chi connectivity index (χ2n) is 5.00. The zero-order valence-electron chi connectivity index (χ0n) is 11.2. The molecule has 0 bridgehead atoms. The van der Waals surface area contributed by atoms with Gasteiger partial charge in [-0.15, -0.1) is 10.2 Å². The summed E-state index contributed by atoms with van der Waals surface area (Å²) in [7, 11) is 0. The molecule has 2 rings (SSSR count). The molecule has 19 heavy (non-hydrogen) atoms. The van der Waals surface area contributed by atoms with Crippen LogP contribution in [0.4, 0.5) is 5.95 Å². The van der Waals surface area contributed by atoms with Gasteiger partial charge in [-0.25, -0.2) is 4.98 Å². The standard InChI is InChI=1S/C12H19IN6/c1-3-12(2,7-14)4-5-15-11-16-6-9(13)10-18-17-8-19(10)11/h6,8H,3-5,7,14H2,1-2H3,(H,15,16). The van der Waals surface area contributed by atoms with Gasteiger partial charge in [0.1, 0.15) is 6.33 Å². The van der Waals surface area contributed by atoms with Crippen LogP contribution >= 0.6 is 22.6 Å². The van der Waals surface area contributed by atoms with Gasteiger partial charge in [0.2, 0.25) is 5.95 Å². The molecule has 2 heterocycles. The zero-order chi connectivity index (χ0) is 13.9. The second kappa shape index (κ2) is 6.00. The van der Waals surface area contributed by atoms with Gasteiger partial charge in [-0.2, -0.15) is 0 Å². The van der Waals surface area contributed by atoms with Crippen molar-refractivity contribution in [3.63, 3.8) is 0 Å². The number of nitrogens with zero attached hydrogens (tertiary/aromatic N) is 4. The Morgan fingerprint density at radius 3 is 3.00 bits per heavy atom. The summed E-state index contributed by atoms with van der Waals surface area (Å²) in [6, 6.07) is 0. The predicted octanol–water partition coefficient (Wildman–Crippen LogP) is 1.91. The lowest BCUT2D eigenvalue weighted by Crippen LogP contribution is -2.29. The van der Waals surface area contributed by atoms with Crippen LogP contribution in [0.1, 0.15) is 26.7 Å². The molecule has 0 aromatic carbocycles. The van der Waals surface area contributed by atoms with E-state index in [1.807, 2.05) is 4.40 Å². The van der Waals surface area contributed by atoms with Crippen molar-refractivity contribution in [1.29, 1.82) is 0 Å². The Kier molecular flexibility index (Phi) is 4.56. The Labute approximate surface area is 126 Å². The number of fused-ring (bicyclic) bond motifs is 1. The molecule has 0 saturated carbocycles. The molecule has 0 radical (unpaired) electrons. The van der Waals surface area contributed by atoms with E-state index < -0.39 is 0 Å². The largest absolute Gasteiger partial charge is 0.355 e. The van der Waals surface area contributed by atoms with Crippen molar-refractivity contribution in [2.45, 2.75) is 26.7 Å². The summed E-state index contributed by atoms with van der Waals surface area (Å²) >= 11 is 2.20. The van der Waals surface area contributed by atoms with Crippen molar-refractivity contribution >= 4 is 34.2 Å². The molecule has 1 atom stereocenters. The number of halogens is 1. The monoisotopic (exact) mass is 374 g/mol. The Hall–Kier alpha value is -0.960. The normalized spacial score (nSPS) is 14.5. The van der Waals surface area contributed by atoms with Crippen LogP contribution < -0.4 is 11.1 Å². The van der Waals surface area contributed by atoms with Gasteiger partial charge < -0.3 is 11.1 Å². The van der Waals surface area contributed by atoms with E-state index in [9.17, 15) is 0 Å². The third kappa shape index (κ3) is 3.14. The van der Waals surface area contributed by atoms with Gasteiger partial charge in [-0.1, -0.05) is 13.8 Å². The maximum absolute atomic E-state index is 5.82. The summed E-state index contributed by atoms with van der Waals surface area (Å²) in [5.41, 5.74) is 6.83. The fraction of sp³-hybridized carbons (Fsp3) is 0.583. The van der Waals surface area contributed by atoms with Crippen LogP contribution in [0.25, 0.3) is 5.65 Å². The maximum atomic E-state index is 5.82. The molecule has 3 N–H and O–H groups in total. The third-order valence-electron chi connectivity index (χ3n) is 3.65. The Bertz CT molecular complexity index is 548. The molecule has 0 aliphatic heterocycles. The minimum absolute atomic E-state index is 0.183. The van der Waals surface area contributed by atoms with Crippen LogP contribution in [0, 0.1) is 8.99 Å². The first-order valence-electron chi connectivity index (χ1n) is 6.38. The number of rotatable bonds is 6. The molecule has 7 heteroatoms. The topological polar surface area (TPSA) is 81.1 Å². The number of hydrogen-bond donors (Lipinski definition) is 2. The van der Waals surface area contributed by atoms with Crippen LogP contribution in [0.3, 0.4) is 0 Å². The summed E-state index contributed by atoms with van der Waals surface area (Å²) in [5, 5.41) is 11.3. The van der Waals surface area contributed by atoms with Crippen LogP contribution in [-0.2, 0) is 0 Å². The van der Waals surface area contributed by atoms with E-state index in [-0.39, 0.29) is 5.41 Å². The average Bonchev–Trinajstić information content (AvgIpc) is 2.91. The number of anilines is 1. The van der Waals surface area contributed by atoms with E-state index in [1.54, 1.807) is 12.5 Å². The van der Waals surface area contributed by atoms with Crippen molar-refractivity contribution in [2.24, 2.45) is 11.1 Å². The second-order valence-corrected chi connectivity index (χ2v) is 6.16. The highest BCUT2D eigenvalue weighted by atomic mass is 127. The number of hydrogen-bond acceptors (Lipinski definition) is 5. The van der Waals surface area contributed by atoms with Crippen molar-refractivity contribution < 1.29 is 0 Å². The van der Waals surface area contributed by atoms with Crippen molar-refractivity contribution in [3.8, 4) is 0 Å².